The number of aliphatic hydroxyl groups is 1. The Balaban J connectivity index is 2.11. The molecule has 1 atom stereocenters. The van der Waals surface area contributed by atoms with Gasteiger partial charge >= 0.3 is 0 Å². The number of aromatic nitrogens is 3. The first-order valence-corrected chi connectivity index (χ1v) is 6.02. The largest absolute Gasteiger partial charge is 0.386 e. The van der Waals surface area contributed by atoms with Gasteiger partial charge in [0.1, 0.15) is 11.9 Å². The van der Waals surface area contributed by atoms with E-state index in [1.54, 1.807) is 25.4 Å². The zero-order chi connectivity index (χ0) is 12.3. The maximum Gasteiger partial charge on any atom is 0.125 e. The number of hydrogen-bond donors (Lipinski definition) is 1. The summed E-state index contributed by atoms with van der Waals surface area (Å²) in [4.78, 5) is 12.4. The number of pyridine rings is 1. The molecule has 1 N–H and O–H groups in total. The van der Waals surface area contributed by atoms with E-state index < -0.39 is 6.10 Å². The quantitative estimate of drug-likeness (QED) is 0.943. The summed E-state index contributed by atoms with van der Waals surface area (Å²) in [5, 5.41) is 10.0. The smallest absolute Gasteiger partial charge is 0.125 e. The summed E-state index contributed by atoms with van der Waals surface area (Å²) >= 11 is 3.32. The van der Waals surface area contributed by atoms with E-state index in [9.17, 15) is 5.11 Å². The Bertz CT molecular complexity index is 501. The third-order valence-electron chi connectivity index (χ3n) is 2.33. The zero-order valence-corrected chi connectivity index (χ0v) is 10.9. The summed E-state index contributed by atoms with van der Waals surface area (Å²) in [7, 11) is 0. The molecule has 17 heavy (non-hydrogen) atoms. The second kappa shape index (κ2) is 5.33. The molecule has 0 radical (unpaired) electrons. The topological polar surface area (TPSA) is 58.9 Å². The van der Waals surface area contributed by atoms with Crippen LogP contribution in [0.3, 0.4) is 0 Å². The molecule has 0 aromatic carbocycles. The fourth-order valence-electron chi connectivity index (χ4n) is 1.49. The van der Waals surface area contributed by atoms with Crippen LogP contribution in [0, 0.1) is 6.92 Å². The van der Waals surface area contributed by atoms with E-state index in [4.69, 9.17) is 0 Å². The van der Waals surface area contributed by atoms with E-state index in [1.807, 2.05) is 12.1 Å². The van der Waals surface area contributed by atoms with Gasteiger partial charge in [0, 0.05) is 29.0 Å². The van der Waals surface area contributed by atoms with Crippen molar-refractivity contribution < 1.29 is 5.11 Å². The van der Waals surface area contributed by atoms with Gasteiger partial charge in [0.25, 0.3) is 0 Å². The van der Waals surface area contributed by atoms with Gasteiger partial charge in [-0.1, -0.05) is 0 Å². The molecule has 0 aliphatic rings. The number of nitrogens with zero attached hydrogens (tertiary/aromatic N) is 3. The van der Waals surface area contributed by atoms with Crippen molar-refractivity contribution in [3.8, 4) is 0 Å². The van der Waals surface area contributed by atoms with Gasteiger partial charge in [0.15, 0.2) is 0 Å². The van der Waals surface area contributed by atoms with Gasteiger partial charge < -0.3 is 5.11 Å². The highest BCUT2D eigenvalue weighted by molar-refractivity contribution is 9.10. The third-order valence-corrected chi connectivity index (χ3v) is 2.80. The summed E-state index contributed by atoms with van der Waals surface area (Å²) in [5.74, 6) is 0.658. The highest BCUT2D eigenvalue weighted by atomic mass is 79.9. The highest BCUT2D eigenvalue weighted by Crippen LogP contribution is 2.16. The van der Waals surface area contributed by atoms with Crippen molar-refractivity contribution in [3.05, 3.63) is 52.3 Å². The minimum atomic E-state index is -0.648. The summed E-state index contributed by atoms with van der Waals surface area (Å²) in [5.41, 5.74) is 1.46. The van der Waals surface area contributed by atoms with E-state index in [-0.39, 0.29) is 0 Å². The average Bonchev–Trinajstić information content (AvgIpc) is 2.32. The summed E-state index contributed by atoms with van der Waals surface area (Å²) < 4.78 is 0.925. The van der Waals surface area contributed by atoms with Gasteiger partial charge in [-0.15, -0.1) is 0 Å². The third kappa shape index (κ3) is 3.31. The normalized spacial score (nSPS) is 12.4. The van der Waals surface area contributed by atoms with Crippen LogP contribution < -0.4 is 0 Å². The van der Waals surface area contributed by atoms with Crippen molar-refractivity contribution in [2.75, 3.05) is 0 Å². The molecule has 0 fully saturated rings. The second-order valence-electron chi connectivity index (χ2n) is 3.72. The standard InChI is InChI=1S/C12H12BrN3O/c1-8-14-5-4-11(16-8)12(17)6-10-3-2-9(13)7-15-10/h2-5,7,12,17H,6H2,1H3. The summed E-state index contributed by atoms with van der Waals surface area (Å²) in [6, 6.07) is 5.50. The number of hydrogen-bond acceptors (Lipinski definition) is 4. The molecular weight excluding hydrogens is 282 g/mol. The van der Waals surface area contributed by atoms with Crippen molar-refractivity contribution in [1.29, 1.82) is 0 Å². The molecule has 0 saturated heterocycles. The van der Waals surface area contributed by atoms with Gasteiger partial charge in [-0.2, -0.15) is 0 Å². The van der Waals surface area contributed by atoms with E-state index in [0.29, 0.717) is 17.9 Å². The first-order valence-electron chi connectivity index (χ1n) is 5.23. The lowest BCUT2D eigenvalue weighted by atomic mass is 10.1. The highest BCUT2D eigenvalue weighted by Gasteiger charge is 2.11. The Morgan fingerprint density at radius 1 is 1.29 bits per heavy atom. The lowest BCUT2D eigenvalue weighted by Crippen LogP contribution is -2.06. The molecule has 0 saturated carbocycles. The molecule has 0 aliphatic carbocycles. The van der Waals surface area contributed by atoms with Gasteiger partial charge in [-0.3, -0.25) is 4.98 Å². The predicted octanol–water partition coefficient (Wildman–Crippen LogP) is 2.22. The Kier molecular flexibility index (Phi) is 3.81. The molecular formula is C12H12BrN3O. The minimum Gasteiger partial charge on any atom is -0.386 e. The lowest BCUT2D eigenvalue weighted by Gasteiger charge is -2.09. The molecule has 2 aromatic rings. The number of aliphatic hydroxyl groups excluding tert-OH is 1. The van der Waals surface area contributed by atoms with Gasteiger partial charge in [0.2, 0.25) is 0 Å². The molecule has 5 heteroatoms. The first-order chi connectivity index (χ1) is 8.15. The SMILES string of the molecule is Cc1nccc(C(O)Cc2ccc(Br)cn2)n1. The Labute approximate surface area is 108 Å². The second-order valence-corrected chi connectivity index (χ2v) is 4.63. The molecule has 2 rings (SSSR count). The summed E-state index contributed by atoms with van der Waals surface area (Å²) in [6.07, 6.45) is 3.16. The number of rotatable bonds is 3. The van der Waals surface area contributed by atoms with Gasteiger partial charge in [-0.25, -0.2) is 9.97 Å². The number of aryl methyl sites for hydroxylation is 1. The Hall–Kier alpha value is -1.33. The van der Waals surface area contributed by atoms with Crippen LogP contribution in [-0.2, 0) is 6.42 Å². The van der Waals surface area contributed by atoms with Crippen LogP contribution in [0.1, 0.15) is 23.3 Å². The van der Waals surface area contributed by atoms with Crippen LogP contribution in [0.2, 0.25) is 0 Å². The molecule has 0 spiro atoms. The number of halogens is 1. The van der Waals surface area contributed by atoms with E-state index in [0.717, 1.165) is 10.2 Å². The molecule has 2 heterocycles. The molecule has 1 unspecified atom stereocenters. The monoisotopic (exact) mass is 293 g/mol. The van der Waals surface area contributed by atoms with Crippen molar-refractivity contribution >= 4 is 15.9 Å². The first kappa shape index (κ1) is 12.1. The maximum atomic E-state index is 10.0. The minimum absolute atomic E-state index is 0.448. The van der Waals surface area contributed by atoms with Crippen molar-refractivity contribution in [3.63, 3.8) is 0 Å². The molecule has 0 bridgehead atoms. The van der Waals surface area contributed by atoms with Crippen molar-refractivity contribution in [1.82, 2.24) is 15.0 Å². The maximum absolute atomic E-state index is 10.0. The lowest BCUT2D eigenvalue weighted by molar-refractivity contribution is 0.172. The van der Waals surface area contributed by atoms with E-state index >= 15 is 0 Å². The fourth-order valence-corrected chi connectivity index (χ4v) is 1.72. The van der Waals surface area contributed by atoms with Crippen LogP contribution in [0.25, 0.3) is 0 Å². The Morgan fingerprint density at radius 2 is 2.12 bits per heavy atom. The van der Waals surface area contributed by atoms with Gasteiger partial charge in [0.05, 0.1) is 5.69 Å². The van der Waals surface area contributed by atoms with Crippen LogP contribution in [0.5, 0.6) is 0 Å². The molecule has 88 valence electrons. The fraction of sp³-hybridized carbons (Fsp3) is 0.250. The molecule has 0 aliphatic heterocycles. The van der Waals surface area contributed by atoms with Crippen LogP contribution in [0.4, 0.5) is 0 Å². The van der Waals surface area contributed by atoms with Crippen molar-refractivity contribution in [2.24, 2.45) is 0 Å². The molecule has 2 aromatic heterocycles. The molecule has 0 amide bonds. The van der Waals surface area contributed by atoms with E-state index in [2.05, 4.69) is 30.9 Å². The average molecular weight is 294 g/mol. The summed E-state index contributed by atoms with van der Waals surface area (Å²) in [6.45, 7) is 1.80. The predicted molar refractivity (Wildman–Crippen MR) is 67.4 cm³/mol. The van der Waals surface area contributed by atoms with Crippen molar-refractivity contribution in [2.45, 2.75) is 19.4 Å². The van der Waals surface area contributed by atoms with Crippen LogP contribution >= 0.6 is 15.9 Å². The zero-order valence-electron chi connectivity index (χ0n) is 9.34. The van der Waals surface area contributed by atoms with Crippen LogP contribution in [0.15, 0.2) is 35.1 Å². The van der Waals surface area contributed by atoms with E-state index in [1.165, 1.54) is 0 Å². The Morgan fingerprint density at radius 3 is 2.76 bits per heavy atom. The van der Waals surface area contributed by atoms with Gasteiger partial charge in [-0.05, 0) is 41.1 Å². The molecule has 4 nitrogen and oxygen atoms in total. The van der Waals surface area contributed by atoms with Crippen LogP contribution in [-0.4, -0.2) is 20.1 Å².